The zero-order chi connectivity index (χ0) is 18.2. The molecule has 0 spiro atoms. The van der Waals surface area contributed by atoms with Gasteiger partial charge >= 0.3 is 0 Å². The first-order chi connectivity index (χ1) is 12.8. The maximum Gasteiger partial charge on any atom is 0.217 e. The van der Waals surface area contributed by atoms with E-state index in [1.54, 1.807) is 12.1 Å². The Labute approximate surface area is 154 Å². The molecule has 2 N–H and O–H groups in total. The topological polar surface area (TPSA) is 94.1 Å². The second-order valence-electron chi connectivity index (χ2n) is 6.54. The summed E-state index contributed by atoms with van der Waals surface area (Å²) >= 11 is 0. The summed E-state index contributed by atoms with van der Waals surface area (Å²) in [4.78, 5) is 8.12. The van der Waals surface area contributed by atoms with E-state index in [0.29, 0.717) is 23.4 Å². The van der Waals surface area contributed by atoms with Gasteiger partial charge in [0.1, 0.15) is 18.0 Å². The molecule has 1 aliphatic carbocycles. The Morgan fingerprint density at radius 1 is 1.12 bits per heavy atom. The number of aromatic nitrogens is 2. The van der Waals surface area contributed by atoms with E-state index < -0.39 is 0 Å². The normalized spacial score (nSPS) is 17.3. The van der Waals surface area contributed by atoms with Crippen LogP contribution in [0, 0.1) is 11.3 Å². The van der Waals surface area contributed by atoms with Crippen LogP contribution in [-0.2, 0) is 4.74 Å². The third kappa shape index (κ3) is 4.93. The molecule has 1 saturated heterocycles. The molecule has 6 heteroatoms. The Morgan fingerprint density at radius 3 is 2.54 bits per heavy atom. The van der Waals surface area contributed by atoms with Gasteiger partial charge in [0.2, 0.25) is 5.88 Å². The van der Waals surface area contributed by atoms with Gasteiger partial charge in [0.05, 0.1) is 5.56 Å². The van der Waals surface area contributed by atoms with Crippen LogP contribution in [0.4, 0.5) is 5.82 Å². The van der Waals surface area contributed by atoms with Crippen LogP contribution in [0.25, 0.3) is 0 Å². The number of pyridine rings is 2. The van der Waals surface area contributed by atoms with Gasteiger partial charge in [-0.05, 0) is 56.2 Å². The predicted octanol–water partition coefficient (Wildman–Crippen LogP) is 3.44. The Morgan fingerprint density at radius 2 is 1.92 bits per heavy atom. The first kappa shape index (κ1) is 18.2. The predicted molar refractivity (Wildman–Crippen MR) is 98.7 cm³/mol. The average Bonchev–Trinajstić information content (AvgIpc) is 2.67. The van der Waals surface area contributed by atoms with Crippen LogP contribution in [0.2, 0.25) is 0 Å². The van der Waals surface area contributed by atoms with E-state index in [-0.39, 0.29) is 0 Å². The number of nitrogens with zero attached hydrogens (tertiary/aromatic N) is 3. The van der Waals surface area contributed by atoms with Gasteiger partial charge in [0.15, 0.2) is 0 Å². The number of nitrogens with two attached hydrogens (primary N) is 1. The van der Waals surface area contributed by atoms with Gasteiger partial charge in [0.25, 0.3) is 0 Å². The number of anilines is 1. The van der Waals surface area contributed by atoms with E-state index in [1.165, 1.54) is 31.0 Å². The summed E-state index contributed by atoms with van der Waals surface area (Å²) in [6.45, 7) is 1.73. The molecule has 2 aliphatic rings. The molecule has 0 radical (unpaired) electrons. The molecule has 6 nitrogen and oxygen atoms in total. The molecule has 0 amide bonds. The number of hydrogen-bond acceptors (Lipinski definition) is 6. The summed E-state index contributed by atoms with van der Waals surface area (Å²) in [5, 5.41) is 8.30. The van der Waals surface area contributed by atoms with Gasteiger partial charge in [-0.15, -0.1) is 0 Å². The van der Waals surface area contributed by atoms with Gasteiger partial charge in [-0.25, -0.2) is 9.97 Å². The zero-order valence-electron chi connectivity index (χ0n) is 14.8. The molecule has 0 aromatic carbocycles. The lowest BCUT2D eigenvalue weighted by Gasteiger charge is -2.29. The summed E-state index contributed by atoms with van der Waals surface area (Å²) in [5.74, 6) is 1.87. The van der Waals surface area contributed by atoms with Crippen LogP contribution < -0.4 is 10.5 Å². The maximum absolute atomic E-state index is 8.30. The highest BCUT2D eigenvalue weighted by Gasteiger charge is 2.24. The fourth-order valence-electron chi connectivity index (χ4n) is 2.94. The molecule has 0 unspecified atom stereocenters. The Balaban J connectivity index is 0.000000185. The summed E-state index contributed by atoms with van der Waals surface area (Å²) in [5.41, 5.74) is 7.07. The number of ether oxygens (including phenoxy) is 2. The molecule has 2 aromatic heterocycles. The van der Waals surface area contributed by atoms with Gasteiger partial charge in [-0.3, -0.25) is 0 Å². The number of rotatable bonds is 3. The lowest BCUT2D eigenvalue weighted by Crippen LogP contribution is -2.26. The SMILES string of the molecule is N#Cc1ccc(N)nc1.c1cnc(OC2CCC2)c(C2CCOCC2)c1. The molecule has 2 fully saturated rings. The average molecular weight is 352 g/mol. The highest BCUT2D eigenvalue weighted by atomic mass is 16.5. The molecule has 2 aromatic rings. The Kier molecular flexibility index (Phi) is 6.39. The van der Waals surface area contributed by atoms with E-state index in [2.05, 4.69) is 16.0 Å². The molecule has 0 atom stereocenters. The van der Waals surface area contributed by atoms with Crippen molar-refractivity contribution in [3.63, 3.8) is 0 Å². The highest BCUT2D eigenvalue weighted by molar-refractivity contribution is 5.34. The van der Waals surface area contributed by atoms with Crippen LogP contribution in [-0.4, -0.2) is 29.3 Å². The molecular weight excluding hydrogens is 328 g/mol. The number of hydrogen-bond donors (Lipinski definition) is 1. The molecule has 0 bridgehead atoms. The molecule has 3 heterocycles. The van der Waals surface area contributed by atoms with Crippen molar-refractivity contribution in [3.05, 3.63) is 47.8 Å². The van der Waals surface area contributed by atoms with Crippen molar-refractivity contribution < 1.29 is 9.47 Å². The minimum atomic E-state index is 0.406. The summed E-state index contributed by atoms with van der Waals surface area (Å²) in [6.07, 6.45) is 9.52. The van der Waals surface area contributed by atoms with Crippen LogP contribution in [0.3, 0.4) is 0 Å². The van der Waals surface area contributed by atoms with Crippen LogP contribution in [0.15, 0.2) is 36.7 Å². The molecule has 1 saturated carbocycles. The van der Waals surface area contributed by atoms with E-state index >= 15 is 0 Å². The van der Waals surface area contributed by atoms with Gasteiger partial charge in [0, 0.05) is 31.2 Å². The fourth-order valence-corrected chi connectivity index (χ4v) is 2.94. The van der Waals surface area contributed by atoms with E-state index in [4.69, 9.17) is 20.5 Å². The standard InChI is InChI=1S/C14H19NO2.C6H5N3/c1-3-12(4-1)17-14-13(5-2-8-15-14)11-6-9-16-10-7-11;7-3-5-1-2-6(8)9-4-5/h2,5,8,11-12H,1,3-4,6-7,9-10H2;1-2,4H,(H2,8,9). The van der Waals surface area contributed by atoms with Crippen molar-refractivity contribution in [2.45, 2.75) is 44.1 Å². The van der Waals surface area contributed by atoms with Crippen molar-refractivity contribution in [1.29, 1.82) is 5.26 Å². The lowest BCUT2D eigenvalue weighted by molar-refractivity contribution is 0.0810. The first-order valence-electron chi connectivity index (χ1n) is 9.07. The highest BCUT2D eigenvalue weighted by Crippen LogP contribution is 2.34. The van der Waals surface area contributed by atoms with E-state index in [0.717, 1.165) is 31.9 Å². The Hall–Kier alpha value is -2.65. The van der Waals surface area contributed by atoms with E-state index in [9.17, 15) is 0 Å². The summed E-state index contributed by atoms with van der Waals surface area (Å²) in [6, 6.07) is 9.34. The molecule has 26 heavy (non-hydrogen) atoms. The van der Waals surface area contributed by atoms with Crippen molar-refractivity contribution in [2.75, 3.05) is 18.9 Å². The van der Waals surface area contributed by atoms with Crippen LogP contribution in [0.5, 0.6) is 5.88 Å². The van der Waals surface area contributed by atoms with Crippen molar-refractivity contribution >= 4 is 5.82 Å². The Bertz CT molecular complexity index is 732. The molecule has 4 rings (SSSR count). The largest absolute Gasteiger partial charge is 0.474 e. The quantitative estimate of drug-likeness (QED) is 0.909. The minimum Gasteiger partial charge on any atom is -0.474 e. The van der Waals surface area contributed by atoms with Crippen molar-refractivity contribution in [3.8, 4) is 11.9 Å². The van der Waals surface area contributed by atoms with E-state index in [1.807, 2.05) is 18.3 Å². The number of nitrogen functional groups attached to an aromatic ring is 1. The van der Waals surface area contributed by atoms with Gasteiger partial charge < -0.3 is 15.2 Å². The summed E-state index contributed by atoms with van der Waals surface area (Å²) in [7, 11) is 0. The molecule has 136 valence electrons. The second kappa shape index (κ2) is 9.16. The van der Waals surface area contributed by atoms with Crippen molar-refractivity contribution in [1.82, 2.24) is 9.97 Å². The molecular formula is C20H24N4O2. The lowest BCUT2D eigenvalue weighted by atomic mass is 9.92. The number of nitriles is 1. The monoisotopic (exact) mass is 352 g/mol. The molecule has 1 aliphatic heterocycles. The maximum atomic E-state index is 8.30. The third-order valence-electron chi connectivity index (χ3n) is 4.71. The van der Waals surface area contributed by atoms with Gasteiger partial charge in [-0.2, -0.15) is 5.26 Å². The zero-order valence-corrected chi connectivity index (χ0v) is 14.8. The smallest absolute Gasteiger partial charge is 0.217 e. The fraction of sp³-hybridized carbons (Fsp3) is 0.450. The van der Waals surface area contributed by atoms with Crippen LogP contribution in [0.1, 0.15) is 49.1 Å². The minimum absolute atomic E-state index is 0.406. The van der Waals surface area contributed by atoms with Gasteiger partial charge in [-0.1, -0.05) is 6.07 Å². The first-order valence-corrected chi connectivity index (χ1v) is 9.07. The second-order valence-corrected chi connectivity index (χ2v) is 6.54. The van der Waals surface area contributed by atoms with Crippen LogP contribution >= 0.6 is 0 Å². The summed E-state index contributed by atoms with van der Waals surface area (Å²) < 4.78 is 11.4. The van der Waals surface area contributed by atoms with Crippen molar-refractivity contribution in [2.24, 2.45) is 0 Å². The third-order valence-corrected chi connectivity index (χ3v) is 4.71.